The summed E-state index contributed by atoms with van der Waals surface area (Å²) >= 11 is 1.75. The van der Waals surface area contributed by atoms with Crippen molar-refractivity contribution >= 4 is 23.0 Å². The highest BCUT2D eigenvalue weighted by Crippen LogP contribution is 2.15. The second-order valence-electron chi connectivity index (χ2n) is 7.21. The van der Waals surface area contributed by atoms with E-state index in [9.17, 15) is 0 Å². The summed E-state index contributed by atoms with van der Waals surface area (Å²) in [7, 11) is 0. The lowest BCUT2D eigenvalue weighted by atomic mass is 10.2. The highest BCUT2D eigenvalue weighted by atomic mass is 32.1. The van der Waals surface area contributed by atoms with E-state index in [0.29, 0.717) is 6.54 Å². The van der Waals surface area contributed by atoms with E-state index in [0.717, 1.165) is 69.6 Å². The Morgan fingerprint density at radius 1 is 1.10 bits per heavy atom. The first-order chi connectivity index (χ1) is 14.3. The molecule has 1 fully saturated rings. The zero-order valence-corrected chi connectivity index (χ0v) is 18.5. The lowest BCUT2D eigenvalue weighted by Gasteiger charge is -2.36. The molecule has 2 aromatic rings. The highest BCUT2D eigenvalue weighted by Gasteiger charge is 2.16. The van der Waals surface area contributed by atoms with Gasteiger partial charge in [-0.2, -0.15) is 0 Å². The second-order valence-corrected chi connectivity index (χ2v) is 8.41. The van der Waals surface area contributed by atoms with Gasteiger partial charge in [0.2, 0.25) is 0 Å². The van der Waals surface area contributed by atoms with Crippen LogP contribution >= 0.6 is 11.3 Å². The lowest BCUT2D eigenvalue weighted by Crippen LogP contribution is -2.47. The average molecular weight is 415 g/mol. The maximum absolute atomic E-state index is 4.68. The number of para-hydroxylation sites is 1. The third kappa shape index (κ3) is 7.01. The maximum atomic E-state index is 4.68. The molecular weight excluding hydrogens is 380 g/mol. The largest absolute Gasteiger partial charge is 0.369 e. The number of anilines is 1. The number of nitrogens with one attached hydrogen (secondary N) is 2. The molecule has 0 spiro atoms. The van der Waals surface area contributed by atoms with Crippen molar-refractivity contribution in [2.45, 2.75) is 33.2 Å². The number of rotatable bonds is 9. The van der Waals surface area contributed by atoms with Gasteiger partial charge in [-0.15, -0.1) is 11.3 Å². The van der Waals surface area contributed by atoms with Crippen molar-refractivity contribution in [2.75, 3.05) is 50.7 Å². The number of aromatic nitrogens is 1. The summed E-state index contributed by atoms with van der Waals surface area (Å²) in [5, 5.41) is 7.88. The van der Waals surface area contributed by atoms with Gasteiger partial charge in [0.15, 0.2) is 5.96 Å². The van der Waals surface area contributed by atoms with E-state index in [-0.39, 0.29) is 0 Å². The van der Waals surface area contributed by atoms with E-state index in [4.69, 9.17) is 0 Å². The van der Waals surface area contributed by atoms with Gasteiger partial charge in [0.05, 0.1) is 6.54 Å². The monoisotopic (exact) mass is 414 g/mol. The predicted octanol–water partition coefficient (Wildman–Crippen LogP) is 2.97. The molecule has 0 amide bonds. The number of hydrogen-bond acceptors (Lipinski definition) is 5. The molecule has 2 heterocycles. The summed E-state index contributed by atoms with van der Waals surface area (Å²) in [5.41, 5.74) is 1.34. The fraction of sp³-hybridized carbons (Fsp3) is 0.545. The Kier molecular flexibility index (Phi) is 8.77. The molecule has 1 aromatic heterocycles. The van der Waals surface area contributed by atoms with Crippen LogP contribution in [-0.4, -0.2) is 61.7 Å². The number of piperazine rings is 1. The van der Waals surface area contributed by atoms with Gasteiger partial charge < -0.3 is 15.5 Å². The molecule has 0 saturated carbocycles. The predicted molar refractivity (Wildman–Crippen MR) is 124 cm³/mol. The van der Waals surface area contributed by atoms with Crippen molar-refractivity contribution in [1.82, 2.24) is 20.5 Å². The molecule has 0 aliphatic carbocycles. The molecule has 2 N–H and O–H groups in total. The van der Waals surface area contributed by atoms with Gasteiger partial charge in [0.25, 0.3) is 0 Å². The van der Waals surface area contributed by atoms with Crippen molar-refractivity contribution in [1.29, 1.82) is 0 Å². The molecule has 0 atom stereocenters. The smallest absolute Gasteiger partial charge is 0.191 e. The zero-order valence-electron chi connectivity index (χ0n) is 17.7. The fourth-order valence-corrected chi connectivity index (χ4v) is 4.24. The van der Waals surface area contributed by atoms with Crippen molar-refractivity contribution in [3.63, 3.8) is 0 Å². The van der Waals surface area contributed by atoms with E-state index in [2.05, 4.69) is 74.6 Å². The summed E-state index contributed by atoms with van der Waals surface area (Å²) in [6, 6.07) is 10.7. The Bertz CT molecular complexity index is 737. The van der Waals surface area contributed by atoms with Crippen molar-refractivity contribution < 1.29 is 0 Å². The van der Waals surface area contributed by atoms with Gasteiger partial charge in [-0.25, -0.2) is 9.98 Å². The molecule has 7 heteroatoms. The number of benzene rings is 1. The van der Waals surface area contributed by atoms with E-state index in [1.165, 1.54) is 10.6 Å². The molecule has 0 unspecified atom stereocenters. The van der Waals surface area contributed by atoms with Crippen LogP contribution in [0.1, 0.15) is 30.2 Å². The molecule has 158 valence electrons. The summed E-state index contributed by atoms with van der Waals surface area (Å²) in [4.78, 5) is 15.5. The van der Waals surface area contributed by atoms with E-state index < -0.39 is 0 Å². The summed E-state index contributed by atoms with van der Waals surface area (Å²) in [6.45, 7) is 12.3. The SMILES string of the molecule is CCNC(=NCc1ncc(CC)s1)NCCCN1CCN(c2ccccc2)CC1. The number of hydrogen-bond donors (Lipinski definition) is 2. The minimum atomic E-state index is 0.640. The number of guanidine groups is 1. The molecule has 3 rings (SSSR count). The van der Waals surface area contributed by atoms with E-state index in [1.807, 2.05) is 6.20 Å². The molecular formula is C22H34N6S. The van der Waals surface area contributed by atoms with Gasteiger partial charge in [0.1, 0.15) is 5.01 Å². The van der Waals surface area contributed by atoms with Crippen molar-refractivity contribution in [3.05, 3.63) is 46.4 Å². The maximum Gasteiger partial charge on any atom is 0.191 e. The van der Waals surface area contributed by atoms with Crippen molar-refractivity contribution in [3.8, 4) is 0 Å². The Labute approximate surface area is 179 Å². The number of thiazole rings is 1. The van der Waals surface area contributed by atoms with Crippen LogP contribution in [0.3, 0.4) is 0 Å². The summed E-state index contributed by atoms with van der Waals surface area (Å²) in [6.07, 6.45) is 4.12. The van der Waals surface area contributed by atoms with Gasteiger partial charge in [-0.3, -0.25) is 4.90 Å². The van der Waals surface area contributed by atoms with Crippen LogP contribution in [0.5, 0.6) is 0 Å². The Morgan fingerprint density at radius 3 is 2.59 bits per heavy atom. The van der Waals surface area contributed by atoms with Crippen LogP contribution in [0.4, 0.5) is 5.69 Å². The van der Waals surface area contributed by atoms with Gasteiger partial charge in [-0.05, 0) is 38.4 Å². The molecule has 0 radical (unpaired) electrons. The summed E-state index contributed by atoms with van der Waals surface area (Å²) < 4.78 is 0. The fourth-order valence-electron chi connectivity index (χ4n) is 3.45. The molecule has 1 aliphatic heterocycles. The van der Waals surface area contributed by atoms with Crippen LogP contribution < -0.4 is 15.5 Å². The van der Waals surface area contributed by atoms with E-state index >= 15 is 0 Å². The lowest BCUT2D eigenvalue weighted by molar-refractivity contribution is 0.255. The highest BCUT2D eigenvalue weighted by molar-refractivity contribution is 7.11. The Balaban J connectivity index is 1.35. The van der Waals surface area contributed by atoms with Gasteiger partial charge >= 0.3 is 0 Å². The van der Waals surface area contributed by atoms with Gasteiger partial charge in [0, 0.05) is 56.0 Å². The molecule has 29 heavy (non-hydrogen) atoms. The zero-order chi connectivity index (χ0) is 20.3. The standard InChI is InChI=1S/C22H34N6S/c1-3-20-17-25-21(29-20)18-26-22(23-4-2)24-11-8-12-27-13-15-28(16-14-27)19-9-6-5-7-10-19/h5-7,9-10,17H,3-4,8,11-16,18H2,1-2H3,(H2,23,24,26). The Morgan fingerprint density at radius 2 is 1.90 bits per heavy atom. The average Bonchev–Trinajstić information content (AvgIpc) is 3.24. The third-order valence-corrected chi connectivity index (χ3v) is 6.23. The van der Waals surface area contributed by atoms with Gasteiger partial charge in [-0.1, -0.05) is 25.1 Å². The third-order valence-electron chi connectivity index (χ3n) is 5.10. The number of aliphatic imine (C=N–C) groups is 1. The molecule has 6 nitrogen and oxygen atoms in total. The van der Waals surface area contributed by atoms with Crippen LogP contribution in [0, 0.1) is 0 Å². The quantitative estimate of drug-likeness (QED) is 0.375. The summed E-state index contributed by atoms with van der Waals surface area (Å²) in [5.74, 6) is 0.884. The van der Waals surface area contributed by atoms with Crippen LogP contribution in [0.15, 0.2) is 41.5 Å². The van der Waals surface area contributed by atoms with Crippen LogP contribution in [0.2, 0.25) is 0 Å². The normalized spacial score (nSPS) is 15.5. The molecule has 1 aromatic carbocycles. The second kappa shape index (κ2) is 11.8. The topological polar surface area (TPSA) is 55.8 Å². The first-order valence-electron chi connectivity index (χ1n) is 10.8. The first-order valence-corrected chi connectivity index (χ1v) is 11.6. The first kappa shape index (κ1) is 21.6. The van der Waals surface area contributed by atoms with Crippen LogP contribution in [-0.2, 0) is 13.0 Å². The van der Waals surface area contributed by atoms with Crippen molar-refractivity contribution in [2.24, 2.45) is 4.99 Å². The number of aryl methyl sites for hydroxylation is 1. The molecule has 0 bridgehead atoms. The minimum absolute atomic E-state index is 0.640. The minimum Gasteiger partial charge on any atom is -0.369 e. The van der Waals surface area contributed by atoms with E-state index in [1.54, 1.807) is 11.3 Å². The molecule has 1 aliphatic rings. The van der Waals surface area contributed by atoms with Crippen LogP contribution in [0.25, 0.3) is 0 Å². The number of nitrogens with zero attached hydrogens (tertiary/aromatic N) is 4. The molecule has 1 saturated heterocycles. The Hall–Kier alpha value is -2.12.